The second-order valence-electron chi connectivity index (χ2n) is 9.72. The normalized spacial score (nSPS) is 16.4. The molecule has 2 amide bonds. The molecule has 12 heteroatoms. The van der Waals surface area contributed by atoms with Crippen molar-refractivity contribution in [1.82, 2.24) is 13.1 Å². The maximum atomic E-state index is 13.3. The fraction of sp³-hybridized carbons (Fsp3) is 0.333. The molecule has 202 valence electrons. The van der Waals surface area contributed by atoms with Crippen LogP contribution in [-0.4, -0.2) is 66.6 Å². The van der Waals surface area contributed by atoms with Crippen LogP contribution < -0.4 is 10.2 Å². The average Bonchev–Trinajstić information content (AvgIpc) is 3.54. The Kier molecular flexibility index (Phi) is 6.79. The van der Waals surface area contributed by atoms with Crippen molar-refractivity contribution in [3.8, 4) is 0 Å². The van der Waals surface area contributed by atoms with Gasteiger partial charge in [0.2, 0.25) is 15.9 Å². The first-order valence-corrected chi connectivity index (χ1v) is 15.0. The van der Waals surface area contributed by atoms with Gasteiger partial charge < -0.3 is 15.0 Å². The minimum absolute atomic E-state index is 0.0483. The topological polar surface area (TPSA) is 122 Å². The van der Waals surface area contributed by atoms with Crippen LogP contribution in [-0.2, 0) is 19.6 Å². The van der Waals surface area contributed by atoms with Crippen molar-refractivity contribution in [2.75, 3.05) is 43.6 Å². The highest BCUT2D eigenvalue weighted by atomic mass is 32.2. The Morgan fingerprint density at radius 3 is 2.69 bits per heavy atom. The minimum Gasteiger partial charge on any atom is -0.385 e. The van der Waals surface area contributed by atoms with E-state index in [0.717, 1.165) is 34.6 Å². The van der Waals surface area contributed by atoms with Crippen LogP contribution in [0.5, 0.6) is 0 Å². The van der Waals surface area contributed by atoms with E-state index in [2.05, 4.69) is 14.1 Å². The molecule has 0 radical (unpaired) electrons. The Hall–Kier alpha value is -3.45. The Bertz CT molecular complexity index is 1700. The lowest BCUT2D eigenvalue weighted by Crippen LogP contribution is -2.41. The second-order valence-corrected chi connectivity index (χ2v) is 12.2. The summed E-state index contributed by atoms with van der Waals surface area (Å²) in [5, 5.41) is 4.70. The summed E-state index contributed by atoms with van der Waals surface area (Å²) >= 11 is 0.983. The molecule has 4 aromatic rings. The smallest absolute Gasteiger partial charge is 0.258 e. The van der Waals surface area contributed by atoms with Crippen LogP contribution in [0.15, 0.2) is 53.4 Å². The molecule has 2 aliphatic rings. The molecule has 2 aliphatic heterocycles. The standard InChI is InChI=1S/C27H27N5O5S2/c1-37-16-4-13-32-22-10-9-20(18-5-2-6-19(24(18)22)27(32)34)28-26(33)17-11-14-31(15-12-17)39(35,36)23-8-3-7-21-25(23)30-38-29-21/h2-3,5-10,17H,4,11-16H2,1H3,(H,28,33). The number of carbonyl (C=O) groups excluding carboxylic acids is 2. The summed E-state index contributed by atoms with van der Waals surface area (Å²) in [6.45, 7) is 1.60. The lowest BCUT2D eigenvalue weighted by molar-refractivity contribution is -0.120. The highest BCUT2D eigenvalue weighted by Gasteiger charge is 2.34. The van der Waals surface area contributed by atoms with Crippen molar-refractivity contribution in [2.45, 2.75) is 24.2 Å². The van der Waals surface area contributed by atoms with Gasteiger partial charge in [0.15, 0.2) is 0 Å². The largest absolute Gasteiger partial charge is 0.385 e. The summed E-state index contributed by atoms with van der Waals surface area (Å²) in [6.07, 6.45) is 1.53. The number of methoxy groups -OCH3 is 1. The van der Waals surface area contributed by atoms with Crippen molar-refractivity contribution < 1.29 is 22.7 Å². The van der Waals surface area contributed by atoms with Gasteiger partial charge in [0.25, 0.3) is 5.91 Å². The van der Waals surface area contributed by atoms with Gasteiger partial charge in [-0.25, -0.2) is 8.42 Å². The van der Waals surface area contributed by atoms with Gasteiger partial charge in [0.1, 0.15) is 15.9 Å². The molecule has 3 heterocycles. The van der Waals surface area contributed by atoms with E-state index in [1.54, 1.807) is 30.2 Å². The molecule has 3 aromatic carbocycles. The lowest BCUT2D eigenvalue weighted by atomic mass is 9.96. The van der Waals surface area contributed by atoms with Crippen LogP contribution >= 0.6 is 11.7 Å². The molecule has 1 N–H and O–H groups in total. The van der Waals surface area contributed by atoms with Crippen LogP contribution in [0, 0.1) is 5.92 Å². The number of rotatable bonds is 8. The molecule has 6 rings (SSSR count). The van der Waals surface area contributed by atoms with Crippen molar-refractivity contribution >= 4 is 66.7 Å². The molecule has 1 saturated heterocycles. The van der Waals surface area contributed by atoms with E-state index in [1.165, 1.54) is 4.31 Å². The number of hydrogen-bond acceptors (Lipinski definition) is 8. The number of sulfonamides is 1. The number of benzene rings is 3. The molecule has 0 atom stereocenters. The third kappa shape index (κ3) is 4.46. The fourth-order valence-electron chi connectivity index (χ4n) is 5.47. The highest BCUT2D eigenvalue weighted by Crippen LogP contribution is 2.41. The molecule has 1 aromatic heterocycles. The molecule has 1 fully saturated rings. The van der Waals surface area contributed by atoms with Crippen LogP contribution in [0.25, 0.3) is 21.8 Å². The van der Waals surface area contributed by atoms with Gasteiger partial charge in [-0.3, -0.25) is 9.59 Å². The first-order chi connectivity index (χ1) is 18.9. The molecule has 39 heavy (non-hydrogen) atoms. The van der Waals surface area contributed by atoms with Crippen molar-refractivity contribution in [3.63, 3.8) is 0 Å². The van der Waals surface area contributed by atoms with Crippen molar-refractivity contribution in [2.24, 2.45) is 5.92 Å². The molecule has 0 unspecified atom stereocenters. The number of ether oxygens (including phenoxy) is 1. The molecular formula is C27H27N5O5S2. The molecule has 0 saturated carbocycles. The molecule has 0 bridgehead atoms. The molecule has 0 aliphatic carbocycles. The number of hydrogen-bond donors (Lipinski definition) is 1. The number of carbonyl (C=O) groups is 2. The first-order valence-electron chi connectivity index (χ1n) is 12.8. The maximum absolute atomic E-state index is 13.3. The zero-order chi connectivity index (χ0) is 27.1. The van der Waals surface area contributed by atoms with Gasteiger partial charge in [-0.15, -0.1) is 0 Å². The van der Waals surface area contributed by atoms with E-state index in [4.69, 9.17) is 4.74 Å². The number of nitrogens with zero attached hydrogens (tertiary/aromatic N) is 4. The summed E-state index contributed by atoms with van der Waals surface area (Å²) in [7, 11) is -2.12. The number of nitrogens with one attached hydrogen (secondary N) is 1. The second kappa shape index (κ2) is 10.3. The number of piperidine rings is 1. The van der Waals surface area contributed by atoms with E-state index >= 15 is 0 Å². The van der Waals surface area contributed by atoms with E-state index in [-0.39, 0.29) is 35.7 Å². The summed E-state index contributed by atoms with van der Waals surface area (Å²) in [4.78, 5) is 28.3. The van der Waals surface area contributed by atoms with Crippen molar-refractivity contribution in [3.05, 3.63) is 54.1 Å². The monoisotopic (exact) mass is 565 g/mol. The summed E-state index contributed by atoms with van der Waals surface area (Å²) in [5.41, 5.74) is 3.04. The predicted octanol–water partition coefficient (Wildman–Crippen LogP) is 3.88. The number of anilines is 2. The highest BCUT2D eigenvalue weighted by molar-refractivity contribution is 7.89. The van der Waals surface area contributed by atoms with Crippen LogP contribution in [0.4, 0.5) is 11.4 Å². The fourth-order valence-corrected chi connectivity index (χ4v) is 7.69. The Labute approximate surface area is 229 Å². The molecule has 10 nitrogen and oxygen atoms in total. The predicted molar refractivity (Wildman–Crippen MR) is 150 cm³/mol. The summed E-state index contributed by atoms with van der Waals surface area (Å²) in [6, 6.07) is 14.2. The van der Waals surface area contributed by atoms with E-state index < -0.39 is 10.0 Å². The van der Waals surface area contributed by atoms with Gasteiger partial charge in [-0.1, -0.05) is 18.2 Å². The van der Waals surface area contributed by atoms with Gasteiger partial charge in [0, 0.05) is 61.3 Å². The number of aromatic nitrogens is 2. The molecule has 0 spiro atoms. The van der Waals surface area contributed by atoms with Gasteiger partial charge >= 0.3 is 0 Å². The molecular weight excluding hydrogens is 538 g/mol. The van der Waals surface area contributed by atoms with Gasteiger partial charge in [-0.05, 0) is 49.6 Å². The van der Waals surface area contributed by atoms with Crippen LogP contribution in [0.1, 0.15) is 29.6 Å². The van der Waals surface area contributed by atoms with Crippen LogP contribution in [0.3, 0.4) is 0 Å². The van der Waals surface area contributed by atoms with Crippen molar-refractivity contribution in [1.29, 1.82) is 0 Å². The van der Waals surface area contributed by atoms with Gasteiger partial charge in [-0.2, -0.15) is 13.1 Å². The summed E-state index contributed by atoms with van der Waals surface area (Å²) in [5.74, 6) is -0.531. The zero-order valence-corrected chi connectivity index (χ0v) is 22.9. The first kappa shape index (κ1) is 25.8. The van der Waals surface area contributed by atoms with Gasteiger partial charge in [0.05, 0.1) is 17.4 Å². The Balaban J connectivity index is 1.17. The summed E-state index contributed by atoms with van der Waals surface area (Å²) < 4.78 is 41.6. The minimum atomic E-state index is -3.76. The average molecular weight is 566 g/mol. The Morgan fingerprint density at radius 1 is 1.10 bits per heavy atom. The quantitative estimate of drug-likeness (QED) is 0.322. The third-order valence-electron chi connectivity index (χ3n) is 7.46. The Morgan fingerprint density at radius 2 is 1.90 bits per heavy atom. The van der Waals surface area contributed by atoms with E-state index in [9.17, 15) is 18.0 Å². The lowest BCUT2D eigenvalue weighted by Gasteiger charge is -2.30. The SMILES string of the molecule is COCCCN1C(=O)c2cccc3c(NC(=O)C4CCN(S(=O)(=O)c5cccc6nsnc56)CC4)ccc1c23. The van der Waals surface area contributed by atoms with Crippen LogP contribution in [0.2, 0.25) is 0 Å². The maximum Gasteiger partial charge on any atom is 0.258 e. The number of fused-ring (bicyclic) bond motifs is 1. The third-order valence-corrected chi connectivity index (χ3v) is 9.94. The van der Waals surface area contributed by atoms with E-state index in [1.807, 2.05) is 30.3 Å². The van der Waals surface area contributed by atoms with E-state index in [0.29, 0.717) is 48.3 Å². The number of amides is 2. The zero-order valence-electron chi connectivity index (χ0n) is 21.3.